The fourth-order valence-corrected chi connectivity index (χ4v) is 1.76. The van der Waals surface area contributed by atoms with Crippen LogP contribution in [0.2, 0.25) is 0 Å². The van der Waals surface area contributed by atoms with Crippen LogP contribution < -0.4 is 4.74 Å². The topological polar surface area (TPSA) is 29.5 Å². The molecule has 0 aromatic heterocycles. The van der Waals surface area contributed by atoms with Gasteiger partial charge in [0.05, 0.1) is 7.11 Å². The highest BCUT2D eigenvalue weighted by Gasteiger charge is 2.10. The van der Waals surface area contributed by atoms with Crippen molar-refractivity contribution in [1.29, 1.82) is 0 Å². The molecule has 0 amide bonds. The summed E-state index contributed by atoms with van der Waals surface area (Å²) in [6, 6.07) is 9.68. The highest BCUT2D eigenvalue weighted by molar-refractivity contribution is 5.74. The Kier molecular flexibility index (Phi) is 3.00. The van der Waals surface area contributed by atoms with E-state index in [-0.39, 0.29) is 11.6 Å². The van der Waals surface area contributed by atoms with E-state index in [9.17, 15) is 9.50 Å². The van der Waals surface area contributed by atoms with Gasteiger partial charge in [0.2, 0.25) is 0 Å². The summed E-state index contributed by atoms with van der Waals surface area (Å²) >= 11 is 0. The number of ether oxygens (including phenoxy) is 1. The molecule has 0 heterocycles. The Hall–Kier alpha value is -2.03. The van der Waals surface area contributed by atoms with Gasteiger partial charge in [-0.3, -0.25) is 0 Å². The second-order valence-electron chi connectivity index (χ2n) is 3.80. The first-order chi connectivity index (χ1) is 8.13. The molecule has 17 heavy (non-hydrogen) atoms. The number of rotatable bonds is 2. The Balaban J connectivity index is 2.63. The zero-order valence-corrected chi connectivity index (χ0v) is 9.70. The van der Waals surface area contributed by atoms with E-state index in [1.54, 1.807) is 44.4 Å². The lowest BCUT2D eigenvalue weighted by molar-refractivity contribution is 0.412. The molecule has 0 bridgehead atoms. The highest BCUT2D eigenvalue weighted by Crippen LogP contribution is 2.34. The lowest BCUT2D eigenvalue weighted by Crippen LogP contribution is -1.90. The van der Waals surface area contributed by atoms with Gasteiger partial charge in [-0.15, -0.1) is 0 Å². The van der Waals surface area contributed by atoms with Gasteiger partial charge in [0.25, 0.3) is 0 Å². The number of phenols is 1. The third-order valence-corrected chi connectivity index (χ3v) is 2.76. The molecule has 0 unspecified atom stereocenters. The minimum atomic E-state index is -0.287. The van der Waals surface area contributed by atoms with Crippen molar-refractivity contribution in [2.45, 2.75) is 6.92 Å². The summed E-state index contributed by atoms with van der Waals surface area (Å²) in [6.07, 6.45) is 0. The largest absolute Gasteiger partial charge is 0.507 e. The number of halogens is 1. The summed E-state index contributed by atoms with van der Waals surface area (Å²) < 4.78 is 18.6. The molecule has 0 fully saturated rings. The zero-order valence-electron chi connectivity index (χ0n) is 9.70. The predicted molar refractivity (Wildman–Crippen MR) is 64.8 cm³/mol. The van der Waals surface area contributed by atoms with Crippen molar-refractivity contribution >= 4 is 0 Å². The van der Waals surface area contributed by atoms with Crippen LogP contribution in [0.15, 0.2) is 36.4 Å². The molecule has 3 heteroatoms. The van der Waals surface area contributed by atoms with Crippen LogP contribution in [0.5, 0.6) is 11.5 Å². The summed E-state index contributed by atoms with van der Waals surface area (Å²) in [5.41, 5.74) is 1.75. The van der Waals surface area contributed by atoms with Crippen LogP contribution in [0.3, 0.4) is 0 Å². The maximum absolute atomic E-state index is 13.5. The van der Waals surface area contributed by atoms with E-state index < -0.39 is 0 Å². The SMILES string of the molecule is COc1ccc(O)c(-c2cccc(F)c2C)c1. The molecule has 0 saturated carbocycles. The van der Waals surface area contributed by atoms with Crippen molar-refractivity contribution in [3.8, 4) is 22.6 Å². The molecule has 0 aliphatic rings. The fourth-order valence-electron chi connectivity index (χ4n) is 1.76. The summed E-state index contributed by atoms with van der Waals surface area (Å²) in [4.78, 5) is 0. The maximum Gasteiger partial charge on any atom is 0.126 e. The van der Waals surface area contributed by atoms with E-state index >= 15 is 0 Å². The molecule has 88 valence electrons. The molecular formula is C14H13FO2. The molecule has 0 aliphatic heterocycles. The number of aromatic hydroxyl groups is 1. The molecule has 2 nitrogen and oxygen atoms in total. The maximum atomic E-state index is 13.5. The molecule has 0 spiro atoms. The van der Waals surface area contributed by atoms with Crippen LogP contribution in [0.4, 0.5) is 4.39 Å². The molecular weight excluding hydrogens is 219 g/mol. The average Bonchev–Trinajstić information content (AvgIpc) is 2.34. The lowest BCUT2D eigenvalue weighted by atomic mass is 9.99. The Bertz CT molecular complexity index is 550. The number of hydrogen-bond acceptors (Lipinski definition) is 2. The molecule has 2 aromatic rings. The zero-order chi connectivity index (χ0) is 12.4. The third kappa shape index (κ3) is 2.09. The number of benzene rings is 2. The van der Waals surface area contributed by atoms with E-state index in [1.165, 1.54) is 6.07 Å². The van der Waals surface area contributed by atoms with Crippen molar-refractivity contribution in [3.63, 3.8) is 0 Å². The van der Waals surface area contributed by atoms with Crippen LogP contribution >= 0.6 is 0 Å². The van der Waals surface area contributed by atoms with Gasteiger partial charge in [0, 0.05) is 5.56 Å². The van der Waals surface area contributed by atoms with Crippen molar-refractivity contribution in [3.05, 3.63) is 47.8 Å². The second kappa shape index (κ2) is 4.45. The van der Waals surface area contributed by atoms with Crippen molar-refractivity contribution in [2.75, 3.05) is 7.11 Å². The van der Waals surface area contributed by atoms with Gasteiger partial charge in [0.1, 0.15) is 17.3 Å². The summed E-state index contributed by atoms with van der Waals surface area (Å²) in [7, 11) is 1.55. The van der Waals surface area contributed by atoms with Gasteiger partial charge in [0.15, 0.2) is 0 Å². The summed E-state index contributed by atoms with van der Waals surface area (Å²) in [5, 5.41) is 9.82. The minimum Gasteiger partial charge on any atom is -0.507 e. The Labute approximate surface area is 99.3 Å². The van der Waals surface area contributed by atoms with E-state index in [4.69, 9.17) is 4.74 Å². The van der Waals surface area contributed by atoms with Gasteiger partial charge >= 0.3 is 0 Å². The van der Waals surface area contributed by atoms with Gasteiger partial charge in [-0.25, -0.2) is 4.39 Å². The Morgan fingerprint density at radius 1 is 1.12 bits per heavy atom. The molecule has 0 saturated heterocycles. The standard InChI is InChI=1S/C14H13FO2/c1-9-11(4-3-5-13(9)15)12-8-10(17-2)6-7-14(12)16/h3-8,16H,1-2H3. The van der Waals surface area contributed by atoms with E-state index in [2.05, 4.69) is 0 Å². The molecule has 0 aliphatic carbocycles. The molecule has 0 atom stereocenters. The van der Waals surface area contributed by atoms with Gasteiger partial charge in [-0.05, 0) is 42.3 Å². The van der Waals surface area contributed by atoms with Crippen LogP contribution in [0.25, 0.3) is 11.1 Å². The van der Waals surface area contributed by atoms with Crippen molar-refractivity contribution in [2.24, 2.45) is 0 Å². The van der Waals surface area contributed by atoms with Crippen LogP contribution in [-0.4, -0.2) is 12.2 Å². The van der Waals surface area contributed by atoms with Gasteiger partial charge in [-0.2, -0.15) is 0 Å². The number of methoxy groups -OCH3 is 1. The lowest BCUT2D eigenvalue weighted by Gasteiger charge is -2.10. The number of phenolic OH excluding ortho intramolecular Hbond substituents is 1. The van der Waals surface area contributed by atoms with E-state index in [0.717, 1.165) is 0 Å². The monoisotopic (exact) mass is 232 g/mol. The quantitative estimate of drug-likeness (QED) is 0.858. The first kappa shape index (κ1) is 11.5. The smallest absolute Gasteiger partial charge is 0.126 e. The van der Waals surface area contributed by atoms with Gasteiger partial charge in [-0.1, -0.05) is 12.1 Å². The first-order valence-electron chi connectivity index (χ1n) is 5.26. The number of hydrogen-bond donors (Lipinski definition) is 1. The fraction of sp³-hybridized carbons (Fsp3) is 0.143. The average molecular weight is 232 g/mol. The normalized spacial score (nSPS) is 10.3. The Morgan fingerprint density at radius 2 is 1.88 bits per heavy atom. The second-order valence-corrected chi connectivity index (χ2v) is 3.80. The molecule has 1 N–H and O–H groups in total. The Morgan fingerprint density at radius 3 is 2.59 bits per heavy atom. The summed E-state index contributed by atoms with van der Waals surface area (Å²) in [6.45, 7) is 1.68. The van der Waals surface area contributed by atoms with Gasteiger partial charge < -0.3 is 9.84 Å². The summed E-state index contributed by atoms with van der Waals surface area (Å²) in [5.74, 6) is 0.450. The van der Waals surface area contributed by atoms with Crippen molar-refractivity contribution < 1.29 is 14.2 Å². The van der Waals surface area contributed by atoms with Crippen molar-refractivity contribution in [1.82, 2.24) is 0 Å². The predicted octanol–water partition coefficient (Wildman–Crippen LogP) is 3.52. The third-order valence-electron chi connectivity index (χ3n) is 2.76. The van der Waals surface area contributed by atoms with Crippen LogP contribution in [0, 0.1) is 12.7 Å². The van der Waals surface area contributed by atoms with E-state index in [0.29, 0.717) is 22.4 Å². The molecule has 2 rings (SSSR count). The molecule has 2 aromatic carbocycles. The van der Waals surface area contributed by atoms with E-state index in [1.807, 2.05) is 0 Å². The molecule has 0 radical (unpaired) electrons. The first-order valence-corrected chi connectivity index (χ1v) is 5.26. The highest BCUT2D eigenvalue weighted by atomic mass is 19.1. The minimum absolute atomic E-state index is 0.111. The van der Waals surface area contributed by atoms with Crippen LogP contribution in [-0.2, 0) is 0 Å². The van der Waals surface area contributed by atoms with Crippen LogP contribution in [0.1, 0.15) is 5.56 Å².